The van der Waals surface area contributed by atoms with E-state index in [-0.39, 0.29) is 5.91 Å². The van der Waals surface area contributed by atoms with Gasteiger partial charge in [-0.2, -0.15) is 0 Å². The van der Waals surface area contributed by atoms with Crippen molar-refractivity contribution < 1.29 is 14.3 Å². The fourth-order valence-corrected chi connectivity index (χ4v) is 1.99. The summed E-state index contributed by atoms with van der Waals surface area (Å²) >= 11 is 0. The van der Waals surface area contributed by atoms with Gasteiger partial charge in [-0.25, -0.2) is 0 Å². The number of amides is 1. The van der Waals surface area contributed by atoms with Gasteiger partial charge in [-0.1, -0.05) is 12.1 Å². The van der Waals surface area contributed by atoms with E-state index >= 15 is 0 Å². The first-order valence-corrected chi connectivity index (χ1v) is 8.04. The number of benzene rings is 1. The maximum absolute atomic E-state index is 11.7. The van der Waals surface area contributed by atoms with Gasteiger partial charge in [0.05, 0.1) is 6.61 Å². The van der Waals surface area contributed by atoms with Crippen molar-refractivity contribution in [3.8, 4) is 5.75 Å². The second-order valence-corrected chi connectivity index (χ2v) is 5.50. The van der Waals surface area contributed by atoms with E-state index in [2.05, 4.69) is 5.32 Å². The summed E-state index contributed by atoms with van der Waals surface area (Å²) in [6.45, 7) is 4.86. The predicted octanol–water partition coefficient (Wildman–Crippen LogP) is 3.03. The average molecular weight is 303 g/mol. The molecule has 1 aromatic carbocycles. The molecule has 1 amide bonds. The molecule has 120 valence electrons. The van der Waals surface area contributed by atoms with Crippen LogP contribution in [0.1, 0.15) is 31.7 Å². The van der Waals surface area contributed by atoms with Crippen LogP contribution in [0.15, 0.2) is 30.3 Å². The number of nitrogens with one attached hydrogen (secondary N) is 1. The highest BCUT2D eigenvalue weighted by Crippen LogP contribution is 2.28. The van der Waals surface area contributed by atoms with Crippen LogP contribution in [0, 0.1) is 5.92 Å². The molecule has 0 aromatic heterocycles. The molecule has 22 heavy (non-hydrogen) atoms. The monoisotopic (exact) mass is 303 g/mol. The van der Waals surface area contributed by atoms with E-state index in [9.17, 15) is 4.79 Å². The topological polar surface area (TPSA) is 47.6 Å². The van der Waals surface area contributed by atoms with Crippen LogP contribution in [0.3, 0.4) is 0 Å². The van der Waals surface area contributed by atoms with E-state index in [0.29, 0.717) is 13.2 Å². The molecule has 0 radical (unpaired) electrons. The van der Waals surface area contributed by atoms with Crippen LogP contribution in [0.5, 0.6) is 5.75 Å². The lowest BCUT2D eigenvalue weighted by molar-refractivity contribution is -0.116. The molecule has 1 fully saturated rings. The second-order valence-electron chi connectivity index (χ2n) is 5.50. The SMILES string of the molecule is CCOc1ccc(/C=C/C(=O)NCCCOCC2CC2)cc1. The largest absolute Gasteiger partial charge is 0.494 e. The van der Waals surface area contributed by atoms with Crippen LogP contribution in [0.2, 0.25) is 0 Å². The molecule has 0 saturated heterocycles. The molecule has 4 heteroatoms. The van der Waals surface area contributed by atoms with Crippen molar-refractivity contribution in [1.82, 2.24) is 5.32 Å². The molecule has 1 aromatic rings. The van der Waals surface area contributed by atoms with Crippen molar-refractivity contribution in [2.75, 3.05) is 26.4 Å². The lowest BCUT2D eigenvalue weighted by atomic mass is 10.2. The van der Waals surface area contributed by atoms with Crippen LogP contribution in [0.4, 0.5) is 0 Å². The molecule has 1 aliphatic carbocycles. The molecule has 1 N–H and O–H groups in total. The fourth-order valence-electron chi connectivity index (χ4n) is 1.99. The molecule has 4 nitrogen and oxygen atoms in total. The molecule has 1 saturated carbocycles. The summed E-state index contributed by atoms with van der Waals surface area (Å²) in [4.78, 5) is 11.7. The van der Waals surface area contributed by atoms with Gasteiger partial charge < -0.3 is 14.8 Å². The minimum absolute atomic E-state index is 0.0731. The first-order chi connectivity index (χ1) is 10.8. The van der Waals surface area contributed by atoms with E-state index in [4.69, 9.17) is 9.47 Å². The quantitative estimate of drug-likeness (QED) is 0.534. The zero-order chi connectivity index (χ0) is 15.6. The van der Waals surface area contributed by atoms with Gasteiger partial charge in [0.15, 0.2) is 0 Å². The minimum Gasteiger partial charge on any atom is -0.494 e. The molecular weight excluding hydrogens is 278 g/mol. The molecule has 2 rings (SSSR count). The van der Waals surface area contributed by atoms with Crippen molar-refractivity contribution in [2.45, 2.75) is 26.2 Å². The molecule has 1 aliphatic rings. The maximum atomic E-state index is 11.7. The first-order valence-electron chi connectivity index (χ1n) is 8.04. The molecule has 0 spiro atoms. The van der Waals surface area contributed by atoms with Gasteiger partial charge in [0.1, 0.15) is 5.75 Å². The number of carbonyl (C=O) groups excluding carboxylic acids is 1. The van der Waals surface area contributed by atoms with Crippen molar-refractivity contribution in [3.63, 3.8) is 0 Å². The minimum atomic E-state index is -0.0731. The van der Waals surface area contributed by atoms with Crippen molar-refractivity contribution in [2.24, 2.45) is 5.92 Å². The van der Waals surface area contributed by atoms with Crippen LogP contribution < -0.4 is 10.1 Å². The van der Waals surface area contributed by atoms with Crippen LogP contribution in [0.25, 0.3) is 6.08 Å². The highest BCUT2D eigenvalue weighted by Gasteiger charge is 2.20. The molecular formula is C18H25NO3. The van der Waals surface area contributed by atoms with E-state index in [1.807, 2.05) is 31.2 Å². The van der Waals surface area contributed by atoms with Gasteiger partial charge >= 0.3 is 0 Å². The number of hydrogen-bond donors (Lipinski definition) is 1. The Hall–Kier alpha value is -1.81. The summed E-state index contributed by atoms with van der Waals surface area (Å²) in [6.07, 6.45) is 6.84. The Balaban J connectivity index is 1.58. The van der Waals surface area contributed by atoms with Crippen molar-refractivity contribution in [1.29, 1.82) is 0 Å². The first kappa shape index (κ1) is 16.6. The zero-order valence-corrected chi connectivity index (χ0v) is 13.2. The summed E-state index contributed by atoms with van der Waals surface area (Å²) in [5, 5.41) is 2.86. The third kappa shape index (κ3) is 6.76. The Bertz CT molecular complexity index is 478. The number of carbonyl (C=O) groups is 1. The lowest BCUT2D eigenvalue weighted by Gasteiger charge is -2.04. The average Bonchev–Trinajstić information content (AvgIpc) is 3.34. The van der Waals surface area contributed by atoms with E-state index in [1.54, 1.807) is 12.2 Å². The highest BCUT2D eigenvalue weighted by molar-refractivity contribution is 5.91. The van der Waals surface area contributed by atoms with Gasteiger partial charge in [-0.15, -0.1) is 0 Å². The summed E-state index contributed by atoms with van der Waals surface area (Å²) in [6, 6.07) is 7.66. The summed E-state index contributed by atoms with van der Waals surface area (Å²) < 4.78 is 10.9. The van der Waals surface area contributed by atoms with E-state index < -0.39 is 0 Å². The third-order valence-corrected chi connectivity index (χ3v) is 3.43. The van der Waals surface area contributed by atoms with Gasteiger partial charge in [0.2, 0.25) is 5.91 Å². The molecule has 0 atom stereocenters. The Morgan fingerprint density at radius 1 is 1.32 bits per heavy atom. The van der Waals surface area contributed by atoms with Gasteiger partial charge in [-0.05, 0) is 55.9 Å². The van der Waals surface area contributed by atoms with Crippen molar-refractivity contribution in [3.05, 3.63) is 35.9 Å². The van der Waals surface area contributed by atoms with Crippen molar-refractivity contribution >= 4 is 12.0 Å². The third-order valence-electron chi connectivity index (χ3n) is 3.43. The van der Waals surface area contributed by atoms with E-state index in [0.717, 1.165) is 36.9 Å². The van der Waals surface area contributed by atoms with Gasteiger partial charge in [0.25, 0.3) is 0 Å². The molecule has 0 bridgehead atoms. The zero-order valence-electron chi connectivity index (χ0n) is 13.2. The summed E-state index contributed by atoms with van der Waals surface area (Å²) in [5.41, 5.74) is 0.978. The molecule has 0 unspecified atom stereocenters. The number of hydrogen-bond acceptors (Lipinski definition) is 3. The van der Waals surface area contributed by atoms with Crippen LogP contribution in [-0.4, -0.2) is 32.3 Å². The summed E-state index contributed by atoms with van der Waals surface area (Å²) in [7, 11) is 0. The fraction of sp³-hybridized carbons (Fsp3) is 0.500. The number of rotatable bonds is 10. The number of ether oxygens (including phenoxy) is 2. The van der Waals surface area contributed by atoms with Crippen LogP contribution >= 0.6 is 0 Å². The lowest BCUT2D eigenvalue weighted by Crippen LogP contribution is -2.23. The predicted molar refractivity (Wildman–Crippen MR) is 87.8 cm³/mol. The second kappa shape index (κ2) is 9.26. The van der Waals surface area contributed by atoms with Gasteiger partial charge in [0, 0.05) is 25.8 Å². The Labute approximate surface area is 132 Å². The molecule has 0 aliphatic heterocycles. The molecule has 0 heterocycles. The Kier molecular flexibility index (Phi) is 6.97. The standard InChI is InChI=1S/C18H25NO3/c1-2-22-17-9-6-15(7-10-17)8-11-18(20)19-12-3-13-21-14-16-4-5-16/h6-11,16H,2-5,12-14H2,1H3,(H,19,20)/b11-8+. The van der Waals surface area contributed by atoms with Gasteiger partial charge in [-0.3, -0.25) is 4.79 Å². The summed E-state index contributed by atoms with van der Waals surface area (Å²) in [5.74, 6) is 1.57. The van der Waals surface area contributed by atoms with Crippen LogP contribution in [-0.2, 0) is 9.53 Å². The normalized spacial score (nSPS) is 14.2. The maximum Gasteiger partial charge on any atom is 0.244 e. The smallest absolute Gasteiger partial charge is 0.244 e. The van der Waals surface area contributed by atoms with E-state index in [1.165, 1.54) is 12.8 Å². The highest BCUT2D eigenvalue weighted by atomic mass is 16.5. The Morgan fingerprint density at radius 3 is 2.77 bits per heavy atom. The Morgan fingerprint density at radius 2 is 2.09 bits per heavy atom.